The zero-order valence-corrected chi connectivity index (χ0v) is 11.5. The molecule has 1 saturated carbocycles. The predicted molar refractivity (Wildman–Crippen MR) is 68.5 cm³/mol. The van der Waals surface area contributed by atoms with Gasteiger partial charge in [0.15, 0.2) is 0 Å². The van der Waals surface area contributed by atoms with Gasteiger partial charge < -0.3 is 10.0 Å². The molecule has 2 rings (SSSR count). The number of nitrogens with zero attached hydrogens (tertiary/aromatic N) is 1. The summed E-state index contributed by atoms with van der Waals surface area (Å²) in [5.41, 5.74) is -0.0656. The number of ketones is 1. The number of carbonyl (C=O) groups is 2. The molecule has 0 aromatic rings. The van der Waals surface area contributed by atoms with Gasteiger partial charge in [0.05, 0.1) is 0 Å². The van der Waals surface area contributed by atoms with Crippen molar-refractivity contribution in [3.63, 3.8) is 0 Å². The number of Topliss-reactive ketones (excluding diaryl/α,β-unsaturated/α-hetero) is 1. The fourth-order valence-electron chi connectivity index (χ4n) is 3.61. The average Bonchev–Trinajstić information content (AvgIpc) is 2.26. The standard InChI is InChI=1S/C14H23NO3/c1-14(2,3)12-8-7-9-10(15(12)13(17)18)5-4-6-11(9)16/h9-10,12H,4-8H2,1-3H3,(H,17,18). The summed E-state index contributed by atoms with van der Waals surface area (Å²) in [5, 5.41) is 9.51. The van der Waals surface area contributed by atoms with Crippen LogP contribution in [0.2, 0.25) is 0 Å². The first-order valence-corrected chi connectivity index (χ1v) is 6.86. The molecule has 0 radical (unpaired) electrons. The van der Waals surface area contributed by atoms with E-state index in [1.54, 1.807) is 4.90 Å². The molecule has 0 aromatic carbocycles. The lowest BCUT2D eigenvalue weighted by Gasteiger charge is -2.50. The monoisotopic (exact) mass is 253 g/mol. The van der Waals surface area contributed by atoms with E-state index in [1.807, 2.05) is 0 Å². The van der Waals surface area contributed by atoms with Crippen molar-refractivity contribution in [3.8, 4) is 0 Å². The Hall–Kier alpha value is -1.06. The molecule has 0 bridgehead atoms. The number of carbonyl (C=O) groups excluding carboxylic acids is 1. The molecule has 0 spiro atoms. The van der Waals surface area contributed by atoms with E-state index in [2.05, 4.69) is 20.8 Å². The van der Waals surface area contributed by atoms with Gasteiger partial charge in [0.1, 0.15) is 5.78 Å². The van der Waals surface area contributed by atoms with E-state index in [-0.39, 0.29) is 29.2 Å². The van der Waals surface area contributed by atoms with Crippen LogP contribution >= 0.6 is 0 Å². The number of piperidine rings is 1. The molecule has 1 N–H and O–H groups in total. The molecule has 1 aliphatic carbocycles. The van der Waals surface area contributed by atoms with Crippen LogP contribution in [-0.4, -0.2) is 34.0 Å². The van der Waals surface area contributed by atoms with E-state index in [4.69, 9.17) is 0 Å². The van der Waals surface area contributed by atoms with Gasteiger partial charge in [-0.3, -0.25) is 4.79 Å². The van der Waals surface area contributed by atoms with E-state index in [0.29, 0.717) is 6.42 Å². The lowest BCUT2D eigenvalue weighted by Crippen LogP contribution is -2.59. The second-order valence-corrected chi connectivity index (χ2v) is 6.68. The maximum Gasteiger partial charge on any atom is 0.407 e. The largest absolute Gasteiger partial charge is 0.465 e. The average molecular weight is 253 g/mol. The Labute approximate surface area is 108 Å². The minimum absolute atomic E-state index is 0.0298. The van der Waals surface area contributed by atoms with Gasteiger partial charge in [0.2, 0.25) is 0 Å². The van der Waals surface area contributed by atoms with Crippen molar-refractivity contribution in [1.29, 1.82) is 0 Å². The Balaban J connectivity index is 2.29. The molecule has 1 aliphatic heterocycles. The highest BCUT2D eigenvalue weighted by molar-refractivity contribution is 5.83. The van der Waals surface area contributed by atoms with Gasteiger partial charge in [0.25, 0.3) is 0 Å². The SMILES string of the molecule is CC(C)(C)C1CCC2C(=O)CCCC2N1C(=O)O. The van der Waals surface area contributed by atoms with Crippen molar-refractivity contribution in [1.82, 2.24) is 4.90 Å². The molecule has 2 fully saturated rings. The van der Waals surface area contributed by atoms with Gasteiger partial charge in [-0.1, -0.05) is 20.8 Å². The Kier molecular flexibility index (Phi) is 3.39. The minimum atomic E-state index is -0.862. The van der Waals surface area contributed by atoms with Crippen LogP contribution < -0.4 is 0 Å². The molecule has 1 saturated heterocycles. The molecule has 1 heterocycles. The number of hydrogen-bond donors (Lipinski definition) is 1. The summed E-state index contributed by atoms with van der Waals surface area (Å²) >= 11 is 0. The van der Waals surface area contributed by atoms with Gasteiger partial charge in [-0.25, -0.2) is 4.79 Å². The van der Waals surface area contributed by atoms with E-state index in [9.17, 15) is 14.7 Å². The predicted octanol–water partition coefficient (Wildman–Crippen LogP) is 2.91. The number of amides is 1. The molecule has 1 amide bonds. The normalized spacial score (nSPS) is 33.2. The van der Waals surface area contributed by atoms with Crippen LogP contribution in [0.3, 0.4) is 0 Å². The van der Waals surface area contributed by atoms with Crippen molar-refractivity contribution in [2.45, 2.75) is 65.0 Å². The van der Waals surface area contributed by atoms with Crippen molar-refractivity contribution in [2.75, 3.05) is 0 Å². The van der Waals surface area contributed by atoms with Crippen LogP contribution in [0.25, 0.3) is 0 Å². The summed E-state index contributed by atoms with van der Waals surface area (Å²) in [6.07, 6.45) is 3.11. The van der Waals surface area contributed by atoms with Crippen LogP contribution in [0, 0.1) is 11.3 Å². The lowest BCUT2D eigenvalue weighted by atomic mass is 9.71. The maximum atomic E-state index is 11.9. The Morgan fingerprint density at radius 1 is 1.28 bits per heavy atom. The smallest absolute Gasteiger partial charge is 0.407 e. The first kappa shape index (κ1) is 13.4. The quantitative estimate of drug-likeness (QED) is 0.722. The third-order valence-corrected chi connectivity index (χ3v) is 4.47. The number of likely N-dealkylation sites (tertiary alicyclic amines) is 1. The van der Waals surface area contributed by atoms with E-state index >= 15 is 0 Å². The molecule has 18 heavy (non-hydrogen) atoms. The van der Waals surface area contributed by atoms with Crippen molar-refractivity contribution in [3.05, 3.63) is 0 Å². The summed E-state index contributed by atoms with van der Waals surface area (Å²) in [5.74, 6) is 0.221. The molecule has 4 heteroatoms. The Morgan fingerprint density at radius 3 is 2.50 bits per heavy atom. The van der Waals surface area contributed by atoms with Gasteiger partial charge in [-0.05, 0) is 31.1 Å². The maximum absolute atomic E-state index is 11.9. The summed E-state index contributed by atoms with van der Waals surface area (Å²) in [6.45, 7) is 6.25. The topological polar surface area (TPSA) is 57.6 Å². The fraction of sp³-hybridized carbons (Fsp3) is 0.857. The minimum Gasteiger partial charge on any atom is -0.465 e. The van der Waals surface area contributed by atoms with Crippen LogP contribution in [0.15, 0.2) is 0 Å². The third kappa shape index (κ3) is 2.25. The van der Waals surface area contributed by atoms with E-state index < -0.39 is 6.09 Å². The Bertz CT molecular complexity index is 359. The molecule has 3 atom stereocenters. The van der Waals surface area contributed by atoms with Crippen LogP contribution in [0.5, 0.6) is 0 Å². The van der Waals surface area contributed by atoms with Crippen molar-refractivity contribution >= 4 is 11.9 Å². The highest BCUT2D eigenvalue weighted by atomic mass is 16.4. The van der Waals surface area contributed by atoms with Gasteiger partial charge in [0, 0.05) is 24.4 Å². The van der Waals surface area contributed by atoms with Gasteiger partial charge in [-0.15, -0.1) is 0 Å². The lowest BCUT2D eigenvalue weighted by molar-refractivity contribution is -0.131. The summed E-state index contributed by atoms with van der Waals surface area (Å²) in [7, 11) is 0. The second-order valence-electron chi connectivity index (χ2n) is 6.68. The summed E-state index contributed by atoms with van der Waals surface area (Å²) in [4.78, 5) is 25.1. The van der Waals surface area contributed by atoms with Gasteiger partial charge in [-0.2, -0.15) is 0 Å². The highest BCUT2D eigenvalue weighted by Gasteiger charge is 2.47. The third-order valence-electron chi connectivity index (χ3n) is 4.47. The summed E-state index contributed by atoms with van der Waals surface area (Å²) in [6, 6.07) is -0.0520. The fourth-order valence-corrected chi connectivity index (χ4v) is 3.61. The first-order valence-electron chi connectivity index (χ1n) is 6.86. The van der Waals surface area contributed by atoms with Crippen molar-refractivity contribution < 1.29 is 14.7 Å². The zero-order chi connectivity index (χ0) is 13.5. The number of rotatable bonds is 0. The number of carboxylic acid groups (broad SMARTS) is 1. The first-order chi connectivity index (χ1) is 8.32. The van der Waals surface area contributed by atoms with Crippen LogP contribution in [-0.2, 0) is 4.79 Å². The van der Waals surface area contributed by atoms with Crippen LogP contribution in [0.1, 0.15) is 52.9 Å². The molecule has 2 aliphatic rings. The molecule has 4 nitrogen and oxygen atoms in total. The molecule has 0 aromatic heterocycles. The van der Waals surface area contributed by atoms with Gasteiger partial charge >= 0.3 is 6.09 Å². The molecule has 3 unspecified atom stereocenters. The zero-order valence-electron chi connectivity index (χ0n) is 11.5. The second kappa shape index (κ2) is 4.56. The van der Waals surface area contributed by atoms with Crippen molar-refractivity contribution in [2.24, 2.45) is 11.3 Å². The Morgan fingerprint density at radius 2 is 1.94 bits per heavy atom. The molecular weight excluding hydrogens is 230 g/mol. The van der Waals surface area contributed by atoms with Crippen LogP contribution in [0.4, 0.5) is 4.79 Å². The number of hydrogen-bond acceptors (Lipinski definition) is 2. The molecule has 102 valence electrons. The highest BCUT2D eigenvalue weighted by Crippen LogP contribution is 2.41. The number of fused-ring (bicyclic) bond motifs is 1. The summed E-state index contributed by atoms with van der Waals surface area (Å²) < 4.78 is 0. The van der Waals surface area contributed by atoms with E-state index in [0.717, 1.165) is 25.7 Å². The molecular formula is C14H23NO3. The van der Waals surface area contributed by atoms with E-state index in [1.165, 1.54) is 0 Å².